The third-order valence-corrected chi connectivity index (χ3v) is 6.45. The first-order valence-corrected chi connectivity index (χ1v) is 10.6. The summed E-state index contributed by atoms with van der Waals surface area (Å²) in [5.74, 6) is -1.16. The van der Waals surface area contributed by atoms with Crippen LogP contribution in [0.3, 0.4) is 0 Å². The molecule has 0 fully saturated rings. The van der Waals surface area contributed by atoms with E-state index in [2.05, 4.69) is 0 Å². The first-order valence-electron chi connectivity index (χ1n) is 9.19. The number of para-hydroxylation sites is 1. The Labute approximate surface area is 183 Å². The maximum absolute atomic E-state index is 13.4. The fraction of sp³-hybridized carbons (Fsp3) is 0.0952. The number of benzene rings is 3. The number of nitrogens with zero attached hydrogens (tertiary/aromatic N) is 3. The van der Waals surface area contributed by atoms with Gasteiger partial charge < -0.3 is 0 Å². The topological polar surface area (TPSA) is 141 Å². The largest absolute Gasteiger partial charge is 0.279 e. The van der Waals surface area contributed by atoms with Gasteiger partial charge in [0.25, 0.3) is 27.3 Å². The van der Waals surface area contributed by atoms with Crippen LogP contribution in [0, 0.1) is 34.1 Å². The lowest BCUT2D eigenvalue weighted by Crippen LogP contribution is -2.37. The van der Waals surface area contributed by atoms with Gasteiger partial charge >= 0.3 is 0 Å². The fourth-order valence-electron chi connectivity index (χ4n) is 3.05. The number of amides is 1. The second kappa shape index (κ2) is 8.55. The minimum absolute atomic E-state index is 0.0241. The molecule has 10 nitrogen and oxygen atoms in total. The van der Waals surface area contributed by atoms with E-state index >= 15 is 0 Å². The number of sulfonamides is 1. The minimum Gasteiger partial charge on any atom is -0.268 e. The Morgan fingerprint density at radius 2 is 1.34 bits per heavy atom. The van der Waals surface area contributed by atoms with Crippen molar-refractivity contribution in [1.82, 2.24) is 0 Å². The summed E-state index contributed by atoms with van der Waals surface area (Å²) in [7, 11) is -4.45. The van der Waals surface area contributed by atoms with Gasteiger partial charge in [0.15, 0.2) is 0 Å². The van der Waals surface area contributed by atoms with Crippen LogP contribution in [0.4, 0.5) is 17.1 Å². The molecule has 0 radical (unpaired) electrons. The lowest BCUT2D eigenvalue weighted by molar-refractivity contribution is -0.395. The van der Waals surface area contributed by atoms with Crippen LogP contribution in [0.5, 0.6) is 0 Å². The molecule has 0 unspecified atom stereocenters. The zero-order chi connectivity index (χ0) is 23.6. The van der Waals surface area contributed by atoms with Gasteiger partial charge in [-0.15, -0.1) is 0 Å². The molecule has 0 saturated carbocycles. The summed E-state index contributed by atoms with van der Waals surface area (Å²) in [6.45, 7) is 2.95. The molecule has 11 heteroatoms. The van der Waals surface area contributed by atoms with Crippen LogP contribution in [0.25, 0.3) is 0 Å². The van der Waals surface area contributed by atoms with E-state index in [1.165, 1.54) is 43.3 Å². The van der Waals surface area contributed by atoms with E-state index in [-0.39, 0.29) is 16.1 Å². The number of hydrogen-bond donors (Lipinski definition) is 0. The van der Waals surface area contributed by atoms with Gasteiger partial charge in [-0.3, -0.25) is 25.0 Å². The molecule has 3 aromatic carbocycles. The Bertz CT molecular complexity index is 1290. The third kappa shape index (κ3) is 4.18. The Hall–Kier alpha value is -4.12. The predicted molar refractivity (Wildman–Crippen MR) is 116 cm³/mol. The van der Waals surface area contributed by atoms with Crippen LogP contribution in [0.15, 0.2) is 71.6 Å². The van der Waals surface area contributed by atoms with Gasteiger partial charge in [0, 0.05) is 12.1 Å². The molecule has 0 heterocycles. The highest BCUT2D eigenvalue weighted by Gasteiger charge is 2.34. The van der Waals surface area contributed by atoms with Crippen molar-refractivity contribution in [3.8, 4) is 0 Å². The Morgan fingerprint density at radius 1 is 0.844 bits per heavy atom. The minimum atomic E-state index is -4.45. The fourth-order valence-corrected chi connectivity index (χ4v) is 4.46. The SMILES string of the molecule is Cc1ccc(S(=O)(=O)N(C(=O)c2cc([N+](=O)[O-])c(C)c([N+](=O)[O-])c2)c2ccccc2)cc1. The molecule has 32 heavy (non-hydrogen) atoms. The van der Waals surface area contributed by atoms with Crippen molar-refractivity contribution in [2.75, 3.05) is 4.31 Å². The molecule has 0 aliphatic heterocycles. The molecule has 0 N–H and O–H groups in total. The number of carbonyl (C=O) groups is 1. The summed E-state index contributed by atoms with van der Waals surface area (Å²) in [6.07, 6.45) is 0. The van der Waals surface area contributed by atoms with E-state index in [4.69, 9.17) is 0 Å². The lowest BCUT2D eigenvalue weighted by atomic mass is 10.1. The molecule has 0 aromatic heterocycles. The monoisotopic (exact) mass is 455 g/mol. The molecule has 3 rings (SSSR count). The number of aryl methyl sites for hydroxylation is 1. The number of hydrogen-bond acceptors (Lipinski definition) is 7. The number of carbonyl (C=O) groups excluding carboxylic acids is 1. The van der Waals surface area contributed by atoms with Crippen LogP contribution in [-0.2, 0) is 10.0 Å². The second-order valence-electron chi connectivity index (χ2n) is 6.88. The molecule has 0 atom stereocenters. The van der Waals surface area contributed by atoms with E-state index in [9.17, 15) is 33.4 Å². The molecule has 0 aliphatic carbocycles. The third-order valence-electron chi connectivity index (χ3n) is 4.73. The zero-order valence-corrected chi connectivity index (χ0v) is 17.8. The highest BCUT2D eigenvalue weighted by atomic mass is 32.2. The standard InChI is InChI=1S/C21H17N3O7S/c1-14-8-10-18(11-9-14)32(30,31)22(17-6-4-3-5-7-17)21(25)16-12-19(23(26)27)15(2)20(13-16)24(28)29/h3-13H,1-2H3. The summed E-state index contributed by atoms with van der Waals surface area (Å²) in [5.41, 5.74) is -1.31. The van der Waals surface area contributed by atoms with Crippen LogP contribution < -0.4 is 4.31 Å². The van der Waals surface area contributed by atoms with Crippen molar-refractivity contribution < 1.29 is 23.1 Å². The maximum Gasteiger partial charge on any atom is 0.279 e. The Kier molecular flexibility index (Phi) is 6.03. The average Bonchev–Trinajstić information content (AvgIpc) is 2.74. The van der Waals surface area contributed by atoms with Crippen molar-refractivity contribution in [3.05, 3.63) is 104 Å². The molecular formula is C21H17N3O7S. The lowest BCUT2D eigenvalue weighted by Gasteiger charge is -2.23. The smallest absolute Gasteiger partial charge is 0.268 e. The van der Waals surface area contributed by atoms with Gasteiger partial charge in [0.1, 0.15) is 5.56 Å². The van der Waals surface area contributed by atoms with Gasteiger partial charge in [-0.1, -0.05) is 35.9 Å². The van der Waals surface area contributed by atoms with Gasteiger partial charge in [0.05, 0.1) is 26.0 Å². The van der Waals surface area contributed by atoms with Gasteiger partial charge in [-0.25, -0.2) is 8.42 Å². The Morgan fingerprint density at radius 3 is 1.81 bits per heavy atom. The first-order chi connectivity index (χ1) is 15.0. The van der Waals surface area contributed by atoms with E-state index < -0.39 is 42.7 Å². The summed E-state index contributed by atoms with van der Waals surface area (Å²) >= 11 is 0. The zero-order valence-electron chi connectivity index (χ0n) is 17.0. The maximum atomic E-state index is 13.4. The number of nitro groups is 2. The van der Waals surface area contributed by atoms with Crippen molar-refractivity contribution in [2.24, 2.45) is 0 Å². The summed E-state index contributed by atoms with van der Waals surface area (Å²) < 4.78 is 27.3. The summed E-state index contributed by atoms with van der Waals surface area (Å²) in [6, 6.07) is 14.8. The first kappa shape index (κ1) is 22.6. The normalized spacial score (nSPS) is 11.1. The summed E-state index contributed by atoms with van der Waals surface area (Å²) in [5, 5.41) is 22.8. The van der Waals surface area contributed by atoms with Crippen molar-refractivity contribution in [1.29, 1.82) is 0 Å². The predicted octanol–water partition coefficient (Wildman–Crippen LogP) is 4.16. The second-order valence-corrected chi connectivity index (χ2v) is 8.66. The molecular weight excluding hydrogens is 438 g/mol. The molecule has 0 aliphatic rings. The molecule has 0 saturated heterocycles. The molecule has 0 bridgehead atoms. The van der Waals surface area contributed by atoms with Crippen LogP contribution in [-0.4, -0.2) is 24.2 Å². The van der Waals surface area contributed by atoms with Gasteiger partial charge in [-0.05, 0) is 38.1 Å². The number of nitro benzene ring substituents is 2. The Balaban J connectivity index is 2.25. The van der Waals surface area contributed by atoms with Crippen molar-refractivity contribution >= 4 is 33.0 Å². The van der Waals surface area contributed by atoms with Gasteiger partial charge in [-0.2, -0.15) is 4.31 Å². The van der Waals surface area contributed by atoms with Gasteiger partial charge in [0.2, 0.25) is 0 Å². The van der Waals surface area contributed by atoms with Crippen molar-refractivity contribution in [2.45, 2.75) is 18.7 Å². The van der Waals surface area contributed by atoms with Crippen LogP contribution >= 0.6 is 0 Å². The highest BCUT2D eigenvalue weighted by Crippen LogP contribution is 2.32. The van der Waals surface area contributed by atoms with E-state index in [0.717, 1.165) is 17.7 Å². The molecule has 164 valence electrons. The van der Waals surface area contributed by atoms with E-state index in [1.54, 1.807) is 25.1 Å². The van der Waals surface area contributed by atoms with Crippen molar-refractivity contribution in [3.63, 3.8) is 0 Å². The number of rotatable bonds is 6. The molecule has 0 spiro atoms. The van der Waals surface area contributed by atoms with E-state index in [1.807, 2.05) is 0 Å². The van der Waals surface area contributed by atoms with Crippen LogP contribution in [0.1, 0.15) is 21.5 Å². The highest BCUT2D eigenvalue weighted by molar-refractivity contribution is 7.93. The average molecular weight is 455 g/mol. The quantitative estimate of drug-likeness (QED) is 0.401. The number of anilines is 1. The van der Waals surface area contributed by atoms with E-state index in [0.29, 0.717) is 4.31 Å². The molecule has 1 amide bonds. The molecule has 3 aromatic rings. The van der Waals surface area contributed by atoms with Crippen LogP contribution in [0.2, 0.25) is 0 Å². The summed E-state index contributed by atoms with van der Waals surface area (Å²) in [4.78, 5) is 34.3.